The van der Waals surface area contributed by atoms with Crippen molar-refractivity contribution in [2.75, 3.05) is 6.54 Å². The highest BCUT2D eigenvalue weighted by Crippen LogP contribution is 2.34. The van der Waals surface area contributed by atoms with Crippen LogP contribution in [0.2, 0.25) is 0 Å². The van der Waals surface area contributed by atoms with E-state index in [4.69, 9.17) is 0 Å². The average molecular weight is 223 g/mol. The van der Waals surface area contributed by atoms with E-state index in [-0.39, 0.29) is 0 Å². The van der Waals surface area contributed by atoms with Crippen molar-refractivity contribution in [1.29, 1.82) is 0 Å². The molecule has 1 nitrogen and oxygen atoms in total. The molecule has 2 aliphatic rings. The standard InChI is InChI=1S/C15H29N/c1-3-15(14-7-8-14)16-10-9-13-6-4-5-12(2)11-13/h12-16H,3-11H2,1-2H3. The van der Waals surface area contributed by atoms with Crippen molar-refractivity contribution in [3.05, 3.63) is 0 Å². The van der Waals surface area contributed by atoms with Gasteiger partial charge in [-0.05, 0) is 56.4 Å². The fourth-order valence-corrected chi connectivity index (χ4v) is 3.44. The lowest BCUT2D eigenvalue weighted by Gasteiger charge is -2.27. The summed E-state index contributed by atoms with van der Waals surface area (Å²) < 4.78 is 0. The molecule has 0 aliphatic heterocycles. The van der Waals surface area contributed by atoms with E-state index in [2.05, 4.69) is 19.2 Å². The molecule has 2 fully saturated rings. The van der Waals surface area contributed by atoms with Gasteiger partial charge in [-0.15, -0.1) is 0 Å². The van der Waals surface area contributed by atoms with Crippen LogP contribution in [-0.4, -0.2) is 12.6 Å². The van der Waals surface area contributed by atoms with Crippen LogP contribution in [0.15, 0.2) is 0 Å². The fourth-order valence-electron chi connectivity index (χ4n) is 3.44. The summed E-state index contributed by atoms with van der Waals surface area (Å²) in [5, 5.41) is 3.79. The average Bonchev–Trinajstić information content (AvgIpc) is 3.08. The van der Waals surface area contributed by atoms with E-state index in [0.29, 0.717) is 0 Å². The van der Waals surface area contributed by atoms with Crippen molar-refractivity contribution in [1.82, 2.24) is 5.32 Å². The molecule has 0 aromatic carbocycles. The number of hydrogen-bond donors (Lipinski definition) is 1. The minimum absolute atomic E-state index is 0.834. The molecule has 94 valence electrons. The van der Waals surface area contributed by atoms with Crippen LogP contribution in [0.5, 0.6) is 0 Å². The molecule has 3 atom stereocenters. The van der Waals surface area contributed by atoms with Gasteiger partial charge in [-0.25, -0.2) is 0 Å². The maximum Gasteiger partial charge on any atom is 0.00927 e. The van der Waals surface area contributed by atoms with Gasteiger partial charge in [0, 0.05) is 6.04 Å². The predicted octanol–water partition coefficient (Wildman–Crippen LogP) is 3.98. The van der Waals surface area contributed by atoms with Gasteiger partial charge in [0.05, 0.1) is 0 Å². The summed E-state index contributed by atoms with van der Waals surface area (Å²) >= 11 is 0. The van der Waals surface area contributed by atoms with Crippen LogP contribution in [-0.2, 0) is 0 Å². The Balaban J connectivity index is 1.59. The monoisotopic (exact) mass is 223 g/mol. The van der Waals surface area contributed by atoms with Gasteiger partial charge in [0.2, 0.25) is 0 Å². The maximum atomic E-state index is 3.79. The van der Waals surface area contributed by atoms with E-state index in [1.54, 1.807) is 0 Å². The normalized spacial score (nSPS) is 32.6. The largest absolute Gasteiger partial charge is 0.314 e. The second-order valence-electron chi connectivity index (χ2n) is 6.23. The zero-order valence-corrected chi connectivity index (χ0v) is 11.2. The Morgan fingerprint density at radius 1 is 1.19 bits per heavy atom. The van der Waals surface area contributed by atoms with Crippen molar-refractivity contribution in [2.24, 2.45) is 17.8 Å². The van der Waals surface area contributed by atoms with Gasteiger partial charge >= 0.3 is 0 Å². The van der Waals surface area contributed by atoms with Crippen LogP contribution in [0.3, 0.4) is 0 Å². The van der Waals surface area contributed by atoms with Crippen molar-refractivity contribution >= 4 is 0 Å². The molecule has 0 saturated heterocycles. The molecule has 0 spiro atoms. The highest BCUT2D eigenvalue weighted by atomic mass is 14.9. The molecule has 3 unspecified atom stereocenters. The summed E-state index contributed by atoms with van der Waals surface area (Å²) in [7, 11) is 0. The molecule has 0 heterocycles. The van der Waals surface area contributed by atoms with Gasteiger partial charge in [0.25, 0.3) is 0 Å². The van der Waals surface area contributed by atoms with Crippen molar-refractivity contribution in [3.63, 3.8) is 0 Å². The lowest BCUT2D eigenvalue weighted by atomic mass is 9.81. The zero-order chi connectivity index (χ0) is 11.4. The Labute approximate surface area is 101 Å². The Bertz CT molecular complexity index is 198. The van der Waals surface area contributed by atoms with Crippen LogP contribution >= 0.6 is 0 Å². The Kier molecular flexibility index (Phi) is 4.69. The third kappa shape index (κ3) is 3.76. The number of hydrogen-bond acceptors (Lipinski definition) is 1. The molecule has 2 rings (SSSR count). The second kappa shape index (κ2) is 6.05. The Morgan fingerprint density at radius 3 is 2.62 bits per heavy atom. The van der Waals surface area contributed by atoms with Crippen molar-refractivity contribution in [3.8, 4) is 0 Å². The van der Waals surface area contributed by atoms with E-state index >= 15 is 0 Å². The topological polar surface area (TPSA) is 12.0 Å². The third-order valence-electron chi connectivity index (χ3n) is 4.63. The van der Waals surface area contributed by atoms with Gasteiger partial charge in [-0.1, -0.05) is 33.1 Å². The van der Waals surface area contributed by atoms with Crippen LogP contribution < -0.4 is 5.32 Å². The lowest BCUT2D eigenvalue weighted by molar-refractivity contribution is 0.263. The first-order valence-electron chi connectivity index (χ1n) is 7.53. The summed E-state index contributed by atoms with van der Waals surface area (Å²) in [6, 6.07) is 0.834. The molecule has 1 heteroatoms. The molecule has 0 bridgehead atoms. The summed E-state index contributed by atoms with van der Waals surface area (Å²) in [5.74, 6) is 3.03. The van der Waals surface area contributed by atoms with Crippen LogP contribution in [0.4, 0.5) is 0 Å². The summed E-state index contributed by atoms with van der Waals surface area (Å²) in [5.41, 5.74) is 0. The first-order chi connectivity index (χ1) is 7.79. The van der Waals surface area contributed by atoms with Gasteiger partial charge in [0.15, 0.2) is 0 Å². The van der Waals surface area contributed by atoms with Crippen LogP contribution in [0.25, 0.3) is 0 Å². The molecule has 0 aromatic rings. The fraction of sp³-hybridized carbons (Fsp3) is 1.00. The van der Waals surface area contributed by atoms with Gasteiger partial charge < -0.3 is 5.32 Å². The molecule has 16 heavy (non-hydrogen) atoms. The summed E-state index contributed by atoms with van der Waals surface area (Å²) in [4.78, 5) is 0. The molecular weight excluding hydrogens is 194 g/mol. The maximum absolute atomic E-state index is 3.79. The molecular formula is C15H29N. The first-order valence-corrected chi connectivity index (χ1v) is 7.53. The quantitative estimate of drug-likeness (QED) is 0.718. The van der Waals surface area contributed by atoms with E-state index in [9.17, 15) is 0 Å². The minimum Gasteiger partial charge on any atom is -0.314 e. The predicted molar refractivity (Wildman–Crippen MR) is 70.5 cm³/mol. The van der Waals surface area contributed by atoms with E-state index in [1.165, 1.54) is 57.9 Å². The van der Waals surface area contributed by atoms with E-state index < -0.39 is 0 Å². The van der Waals surface area contributed by atoms with E-state index in [1.807, 2.05) is 0 Å². The van der Waals surface area contributed by atoms with Crippen molar-refractivity contribution in [2.45, 2.75) is 71.3 Å². The van der Waals surface area contributed by atoms with Crippen molar-refractivity contribution < 1.29 is 0 Å². The van der Waals surface area contributed by atoms with Gasteiger partial charge in [-0.2, -0.15) is 0 Å². The molecule has 0 radical (unpaired) electrons. The summed E-state index contributed by atoms with van der Waals surface area (Å²) in [6.07, 6.45) is 11.6. The first kappa shape index (κ1) is 12.4. The summed E-state index contributed by atoms with van der Waals surface area (Å²) in [6.45, 7) is 6.03. The SMILES string of the molecule is CCC(NCCC1CCCC(C)C1)C1CC1. The lowest BCUT2D eigenvalue weighted by Crippen LogP contribution is -2.32. The highest BCUT2D eigenvalue weighted by molar-refractivity contribution is 4.85. The molecule has 2 aliphatic carbocycles. The molecule has 0 amide bonds. The molecule has 1 N–H and O–H groups in total. The van der Waals surface area contributed by atoms with E-state index in [0.717, 1.165) is 23.8 Å². The smallest absolute Gasteiger partial charge is 0.00927 e. The third-order valence-corrected chi connectivity index (χ3v) is 4.63. The van der Waals surface area contributed by atoms with Gasteiger partial charge in [-0.3, -0.25) is 0 Å². The minimum atomic E-state index is 0.834. The van der Waals surface area contributed by atoms with Crippen LogP contribution in [0, 0.1) is 17.8 Å². The molecule has 0 aromatic heterocycles. The number of nitrogens with one attached hydrogen (secondary N) is 1. The Morgan fingerprint density at radius 2 is 2.00 bits per heavy atom. The highest BCUT2D eigenvalue weighted by Gasteiger charge is 2.29. The zero-order valence-electron chi connectivity index (χ0n) is 11.2. The van der Waals surface area contributed by atoms with Gasteiger partial charge in [0.1, 0.15) is 0 Å². The number of rotatable bonds is 6. The molecule has 2 saturated carbocycles. The van der Waals surface area contributed by atoms with Crippen LogP contribution in [0.1, 0.15) is 65.2 Å². The Hall–Kier alpha value is -0.0400. The second-order valence-corrected chi connectivity index (χ2v) is 6.23.